The number of amides is 1. The standard InChI is InChI=1S/C31H32ClN5O2S/c1-5-16-40-31-35-30-33-21(4)27(29(38)34-26-11-6-8-19(2)20(26)3)28(37(30)36-31)23-9-7-10-25(17-23)39-18-22-12-14-24(32)15-13-22/h6-15,17,28H,5,16,18H2,1-4H3,(H,34,38)(H,33,35,36). The fraction of sp³-hybridized carbons (Fsp3) is 0.258. The average Bonchev–Trinajstić information content (AvgIpc) is 3.35. The number of allylic oxidation sites excluding steroid dienone is 1. The lowest BCUT2D eigenvalue weighted by Crippen LogP contribution is -2.31. The van der Waals surface area contributed by atoms with Crippen LogP contribution in [-0.4, -0.2) is 26.4 Å². The maximum Gasteiger partial charge on any atom is 0.255 e. The number of anilines is 2. The fourth-order valence-electron chi connectivity index (χ4n) is 4.59. The second-order valence-electron chi connectivity index (χ2n) is 9.77. The Hall–Kier alpha value is -3.75. The fourth-order valence-corrected chi connectivity index (χ4v) is 5.40. The van der Waals surface area contributed by atoms with Crippen LogP contribution in [0.3, 0.4) is 0 Å². The van der Waals surface area contributed by atoms with E-state index in [0.29, 0.717) is 34.1 Å². The molecule has 1 amide bonds. The van der Waals surface area contributed by atoms with Gasteiger partial charge < -0.3 is 15.4 Å². The number of thioether (sulfide) groups is 1. The number of nitrogens with one attached hydrogen (secondary N) is 2. The molecule has 3 aromatic carbocycles. The molecule has 0 saturated carbocycles. The van der Waals surface area contributed by atoms with Gasteiger partial charge in [0, 0.05) is 22.2 Å². The minimum atomic E-state index is -0.496. The molecular weight excluding hydrogens is 542 g/mol. The second kappa shape index (κ2) is 12.2. The van der Waals surface area contributed by atoms with Gasteiger partial charge in [-0.1, -0.05) is 66.7 Å². The summed E-state index contributed by atoms with van der Waals surface area (Å²) in [5.74, 6) is 2.02. The number of rotatable bonds is 9. The molecule has 2 heterocycles. The summed E-state index contributed by atoms with van der Waals surface area (Å²) in [5, 5.41) is 12.6. The number of benzene rings is 3. The zero-order valence-corrected chi connectivity index (χ0v) is 24.6. The largest absolute Gasteiger partial charge is 0.489 e. The Morgan fingerprint density at radius 1 is 1.10 bits per heavy atom. The third-order valence-electron chi connectivity index (χ3n) is 6.86. The molecule has 1 aliphatic rings. The van der Waals surface area contributed by atoms with E-state index in [0.717, 1.165) is 45.8 Å². The summed E-state index contributed by atoms with van der Waals surface area (Å²) in [6.07, 6.45) is 1.01. The number of ether oxygens (including phenoxy) is 1. The van der Waals surface area contributed by atoms with Crippen molar-refractivity contribution in [3.63, 3.8) is 0 Å². The maximum atomic E-state index is 13.9. The SMILES string of the molecule is CCCSc1nc2n(n1)C(c1cccc(OCc3ccc(Cl)cc3)c1)C(C(=O)Nc1cccc(C)c1C)=C(C)N2. The van der Waals surface area contributed by atoms with Crippen molar-refractivity contribution in [2.75, 3.05) is 16.4 Å². The van der Waals surface area contributed by atoms with Crippen LogP contribution < -0.4 is 15.4 Å². The van der Waals surface area contributed by atoms with Crippen molar-refractivity contribution in [2.24, 2.45) is 0 Å². The van der Waals surface area contributed by atoms with Gasteiger partial charge in [-0.15, -0.1) is 5.10 Å². The van der Waals surface area contributed by atoms with E-state index in [1.165, 1.54) is 0 Å². The maximum absolute atomic E-state index is 13.9. The van der Waals surface area contributed by atoms with Gasteiger partial charge in [-0.3, -0.25) is 4.79 Å². The zero-order chi connectivity index (χ0) is 28.2. The van der Waals surface area contributed by atoms with Gasteiger partial charge in [0.05, 0.1) is 5.57 Å². The number of halogens is 1. The van der Waals surface area contributed by atoms with Crippen LogP contribution >= 0.6 is 23.4 Å². The lowest BCUT2D eigenvalue weighted by atomic mass is 9.94. The molecule has 1 aromatic heterocycles. The number of hydrogen-bond acceptors (Lipinski definition) is 6. The van der Waals surface area contributed by atoms with E-state index >= 15 is 0 Å². The number of carbonyl (C=O) groups is 1. The Morgan fingerprint density at radius 2 is 1.88 bits per heavy atom. The van der Waals surface area contributed by atoms with Gasteiger partial charge in [0.15, 0.2) is 0 Å². The van der Waals surface area contributed by atoms with Gasteiger partial charge in [-0.2, -0.15) is 4.98 Å². The van der Waals surface area contributed by atoms with Crippen molar-refractivity contribution in [2.45, 2.75) is 51.9 Å². The first-order valence-electron chi connectivity index (χ1n) is 13.3. The highest BCUT2D eigenvalue weighted by molar-refractivity contribution is 7.99. The molecule has 1 unspecified atom stereocenters. The number of aryl methyl sites for hydroxylation is 1. The summed E-state index contributed by atoms with van der Waals surface area (Å²) < 4.78 is 7.94. The van der Waals surface area contributed by atoms with Crippen molar-refractivity contribution in [3.05, 3.63) is 105 Å². The third-order valence-corrected chi connectivity index (χ3v) is 8.15. The summed E-state index contributed by atoms with van der Waals surface area (Å²) in [6.45, 7) is 8.47. The van der Waals surface area contributed by atoms with Crippen LogP contribution in [0.15, 0.2) is 83.2 Å². The summed E-state index contributed by atoms with van der Waals surface area (Å²) in [6, 6.07) is 20.8. The highest BCUT2D eigenvalue weighted by Crippen LogP contribution is 2.38. The van der Waals surface area contributed by atoms with Crippen LogP contribution in [0.1, 0.15) is 48.6 Å². The van der Waals surface area contributed by atoms with Crippen molar-refractivity contribution >= 4 is 40.9 Å². The van der Waals surface area contributed by atoms with Gasteiger partial charge >= 0.3 is 0 Å². The summed E-state index contributed by atoms with van der Waals surface area (Å²) in [4.78, 5) is 18.6. The number of hydrogen-bond donors (Lipinski definition) is 2. The second-order valence-corrected chi connectivity index (χ2v) is 11.3. The third kappa shape index (κ3) is 6.03. The number of aromatic nitrogens is 3. The molecule has 7 nitrogen and oxygen atoms in total. The topological polar surface area (TPSA) is 81.1 Å². The molecule has 0 saturated heterocycles. The van der Waals surface area contributed by atoms with Crippen LogP contribution in [0.25, 0.3) is 0 Å². The Kier molecular flexibility index (Phi) is 8.47. The Bertz CT molecular complexity index is 1560. The Labute approximate surface area is 244 Å². The number of nitrogens with zero attached hydrogens (tertiary/aromatic N) is 3. The Morgan fingerprint density at radius 3 is 2.65 bits per heavy atom. The highest BCUT2D eigenvalue weighted by Gasteiger charge is 2.34. The minimum Gasteiger partial charge on any atom is -0.489 e. The van der Waals surface area contributed by atoms with Crippen LogP contribution in [0.2, 0.25) is 5.02 Å². The van der Waals surface area contributed by atoms with Crippen molar-refractivity contribution < 1.29 is 9.53 Å². The first-order chi connectivity index (χ1) is 19.3. The van der Waals surface area contributed by atoms with Crippen LogP contribution in [0.5, 0.6) is 5.75 Å². The van der Waals surface area contributed by atoms with Crippen molar-refractivity contribution in [1.29, 1.82) is 0 Å². The molecule has 2 N–H and O–H groups in total. The van der Waals surface area contributed by atoms with E-state index < -0.39 is 6.04 Å². The molecule has 40 heavy (non-hydrogen) atoms. The summed E-state index contributed by atoms with van der Waals surface area (Å²) >= 11 is 7.63. The van der Waals surface area contributed by atoms with Gasteiger partial charge in [0.2, 0.25) is 11.1 Å². The van der Waals surface area contributed by atoms with E-state index in [2.05, 4.69) is 17.6 Å². The minimum absolute atomic E-state index is 0.194. The number of carbonyl (C=O) groups excluding carboxylic acids is 1. The first kappa shape index (κ1) is 27.8. The van der Waals surface area contributed by atoms with Crippen LogP contribution in [0, 0.1) is 13.8 Å². The lowest BCUT2D eigenvalue weighted by Gasteiger charge is -2.29. The monoisotopic (exact) mass is 573 g/mol. The van der Waals surface area contributed by atoms with Gasteiger partial charge in [-0.25, -0.2) is 4.68 Å². The predicted molar refractivity (Wildman–Crippen MR) is 162 cm³/mol. The van der Waals surface area contributed by atoms with Crippen LogP contribution in [0.4, 0.5) is 11.6 Å². The quantitative estimate of drug-likeness (QED) is 0.201. The van der Waals surface area contributed by atoms with E-state index in [1.54, 1.807) is 16.4 Å². The molecule has 206 valence electrons. The van der Waals surface area contributed by atoms with Crippen molar-refractivity contribution in [3.8, 4) is 5.75 Å². The average molecular weight is 574 g/mol. The first-order valence-corrected chi connectivity index (χ1v) is 14.6. The lowest BCUT2D eigenvalue weighted by molar-refractivity contribution is -0.113. The van der Waals surface area contributed by atoms with E-state index in [-0.39, 0.29) is 5.91 Å². The molecule has 9 heteroatoms. The molecule has 4 aromatic rings. The number of fused-ring (bicyclic) bond motifs is 1. The van der Waals surface area contributed by atoms with Gasteiger partial charge in [0.25, 0.3) is 5.91 Å². The molecular formula is C31H32ClN5O2S. The molecule has 0 spiro atoms. The summed E-state index contributed by atoms with van der Waals surface area (Å²) in [5.41, 5.74) is 6.12. The smallest absolute Gasteiger partial charge is 0.255 e. The summed E-state index contributed by atoms with van der Waals surface area (Å²) in [7, 11) is 0. The molecule has 0 fully saturated rings. The normalized spacial score (nSPS) is 14.5. The molecule has 5 rings (SSSR count). The zero-order valence-electron chi connectivity index (χ0n) is 23.0. The molecule has 0 radical (unpaired) electrons. The van der Waals surface area contributed by atoms with E-state index in [9.17, 15) is 4.79 Å². The molecule has 1 aliphatic heterocycles. The van der Waals surface area contributed by atoms with Gasteiger partial charge in [-0.05, 0) is 79.8 Å². The van der Waals surface area contributed by atoms with E-state index in [4.69, 9.17) is 26.4 Å². The molecule has 0 bridgehead atoms. The highest BCUT2D eigenvalue weighted by atomic mass is 35.5. The van der Waals surface area contributed by atoms with Crippen LogP contribution in [-0.2, 0) is 11.4 Å². The van der Waals surface area contributed by atoms with E-state index in [1.807, 2.05) is 87.5 Å². The molecule has 0 aliphatic carbocycles. The predicted octanol–water partition coefficient (Wildman–Crippen LogP) is 7.56. The van der Waals surface area contributed by atoms with Gasteiger partial charge in [0.1, 0.15) is 18.4 Å². The van der Waals surface area contributed by atoms with Crippen molar-refractivity contribution in [1.82, 2.24) is 14.8 Å². The molecule has 1 atom stereocenters. The Balaban J connectivity index is 1.50.